The molecule has 1 N–H and O–H groups in total. The third kappa shape index (κ3) is 3.22. The van der Waals surface area contributed by atoms with Gasteiger partial charge in [0.05, 0.1) is 11.3 Å². The number of carbonyl (C=O) groups is 1. The summed E-state index contributed by atoms with van der Waals surface area (Å²) in [5, 5.41) is 10.4. The highest BCUT2D eigenvalue weighted by molar-refractivity contribution is 5.95. The Hall–Kier alpha value is -2.20. The third-order valence-electron chi connectivity index (χ3n) is 3.06. The molecule has 1 atom stereocenters. The van der Waals surface area contributed by atoms with Crippen LogP contribution in [0.1, 0.15) is 27.7 Å². The van der Waals surface area contributed by atoms with Crippen molar-refractivity contribution in [1.82, 2.24) is 9.88 Å². The fourth-order valence-electron chi connectivity index (χ4n) is 2.04. The lowest BCUT2D eigenvalue weighted by atomic mass is 10.0. The Morgan fingerprint density at radius 2 is 1.90 bits per heavy atom. The van der Waals surface area contributed by atoms with Gasteiger partial charge in [0.25, 0.3) is 5.91 Å². The van der Waals surface area contributed by atoms with Crippen molar-refractivity contribution in [1.29, 1.82) is 0 Å². The Kier molecular flexibility index (Phi) is 4.48. The first-order valence-corrected chi connectivity index (χ1v) is 6.48. The van der Waals surface area contributed by atoms with Gasteiger partial charge in [-0.05, 0) is 17.7 Å². The van der Waals surface area contributed by atoms with Crippen LogP contribution in [0.4, 0.5) is 0 Å². The van der Waals surface area contributed by atoms with Gasteiger partial charge in [0.1, 0.15) is 6.10 Å². The highest BCUT2D eigenvalue weighted by Gasteiger charge is 2.20. The molecule has 4 heteroatoms. The number of carbonyl (C=O) groups excluding carboxylic acids is 1. The zero-order valence-electron chi connectivity index (χ0n) is 11.7. The summed E-state index contributed by atoms with van der Waals surface area (Å²) >= 11 is 0. The number of aliphatic hydroxyl groups excluding tert-OH is 1. The van der Waals surface area contributed by atoms with Crippen LogP contribution in [-0.2, 0) is 6.42 Å². The van der Waals surface area contributed by atoms with Gasteiger partial charge in [-0.15, -0.1) is 0 Å². The average molecular weight is 270 g/mol. The van der Waals surface area contributed by atoms with Gasteiger partial charge >= 0.3 is 0 Å². The maximum absolute atomic E-state index is 12.1. The predicted octanol–water partition coefficient (Wildman–Crippen LogP) is 2.06. The van der Waals surface area contributed by atoms with Crippen molar-refractivity contribution >= 4 is 5.91 Å². The number of benzene rings is 1. The standard InChI is InChI=1S/C16H18N2O2/c1-18(2)16(20)13-9-6-10-17-15(13)14(19)11-12-7-4-3-5-8-12/h3-10,14,19H,11H2,1-2H3. The van der Waals surface area contributed by atoms with Crippen LogP contribution >= 0.6 is 0 Å². The molecule has 1 unspecified atom stereocenters. The lowest BCUT2D eigenvalue weighted by molar-refractivity contribution is 0.0818. The monoisotopic (exact) mass is 270 g/mol. The van der Waals surface area contributed by atoms with Crippen LogP contribution in [0.3, 0.4) is 0 Å². The van der Waals surface area contributed by atoms with Gasteiger partial charge in [-0.1, -0.05) is 30.3 Å². The topological polar surface area (TPSA) is 53.4 Å². The third-order valence-corrected chi connectivity index (χ3v) is 3.06. The molecule has 20 heavy (non-hydrogen) atoms. The van der Waals surface area contributed by atoms with Crippen LogP contribution in [0, 0.1) is 0 Å². The van der Waals surface area contributed by atoms with Crippen LogP contribution < -0.4 is 0 Å². The van der Waals surface area contributed by atoms with E-state index in [1.807, 2.05) is 30.3 Å². The zero-order chi connectivity index (χ0) is 14.5. The quantitative estimate of drug-likeness (QED) is 0.925. The van der Waals surface area contributed by atoms with Crippen molar-refractivity contribution in [3.05, 3.63) is 65.5 Å². The summed E-state index contributed by atoms with van der Waals surface area (Å²) < 4.78 is 0. The molecule has 0 radical (unpaired) electrons. The number of nitrogens with zero attached hydrogens (tertiary/aromatic N) is 2. The van der Waals surface area contributed by atoms with Gasteiger partial charge in [0.2, 0.25) is 0 Å². The lowest BCUT2D eigenvalue weighted by Crippen LogP contribution is -2.24. The molecule has 0 saturated heterocycles. The Morgan fingerprint density at radius 1 is 1.20 bits per heavy atom. The van der Waals surface area contributed by atoms with E-state index in [0.29, 0.717) is 17.7 Å². The molecule has 1 aromatic heterocycles. The molecule has 0 aliphatic heterocycles. The first kappa shape index (κ1) is 14.2. The van der Waals surface area contributed by atoms with E-state index >= 15 is 0 Å². The Morgan fingerprint density at radius 3 is 2.55 bits per heavy atom. The predicted molar refractivity (Wildman–Crippen MR) is 77.4 cm³/mol. The first-order chi connectivity index (χ1) is 9.59. The van der Waals surface area contributed by atoms with E-state index in [0.717, 1.165) is 5.56 Å². The number of amides is 1. The van der Waals surface area contributed by atoms with Gasteiger partial charge in [-0.3, -0.25) is 9.78 Å². The van der Waals surface area contributed by atoms with Gasteiger partial charge in [0.15, 0.2) is 0 Å². The highest BCUT2D eigenvalue weighted by atomic mass is 16.3. The molecule has 0 bridgehead atoms. The second-order valence-electron chi connectivity index (χ2n) is 4.84. The van der Waals surface area contributed by atoms with E-state index in [-0.39, 0.29) is 5.91 Å². The van der Waals surface area contributed by atoms with Crippen LogP contribution in [0.5, 0.6) is 0 Å². The van der Waals surface area contributed by atoms with E-state index in [1.165, 1.54) is 4.90 Å². The minimum atomic E-state index is -0.794. The van der Waals surface area contributed by atoms with E-state index in [4.69, 9.17) is 0 Å². The van der Waals surface area contributed by atoms with E-state index in [9.17, 15) is 9.90 Å². The molecule has 1 amide bonds. The minimum Gasteiger partial charge on any atom is -0.386 e. The van der Waals surface area contributed by atoms with Crippen molar-refractivity contribution in [3.8, 4) is 0 Å². The van der Waals surface area contributed by atoms with Crippen LogP contribution in [-0.4, -0.2) is 35.0 Å². The Bertz CT molecular complexity index is 582. The van der Waals surface area contributed by atoms with Gasteiger partial charge < -0.3 is 10.0 Å². The smallest absolute Gasteiger partial charge is 0.255 e. The molecule has 0 aliphatic rings. The van der Waals surface area contributed by atoms with Crippen molar-refractivity contribution in [2.75, 3.05) is 14.1 Å². The maximum atomic E-state index is 12.1. The zero-order valence-corrected chi connectivity index (χ0v) is 11.7. The van der Waals surface area contributed by atoms with Crippen molar-refractivity contribution < 1.29 is 9.90 Å². The number of aromatic nitrogens is 1. The van der Waals surface area contributed by atoms with E-state index in [1.54, 1.807) is 32.4 Å². The van der Waals surface area contributed by atoms with Gasteiger partial charge in [-0.2, -0.15) is 0 Å². The molecule has 0 saturated carbocycles. The molecular formula is C16H18N2O2. The number of rotatable bonds is 4. The second-order valence-corrected chi connectivity index (χ2v) is 4.84. The molecule has 2 aromatic rings. The largest absolute Gasteiger partial charge is 0.386 e. The van der Waals surface area contributed by atoms with Crippen molar-refractivity contribution in [2.24, 2.45) is 0 Å². The van der Waals surface area contributed by atoms with Crippen molar-refractivity contribution in [2.45, 2.75) is 12.5 Å². The normalized spacial score (nSPS) is 11.9. The summed E-state index contributed by atoms with van der Waals surface area (Å²) in [7, 11) is 3.37. The first-order valence-electron chi connectivity index (χ1n) is 6.48. The van der Waals surface area contributed by atoms with Crippen molar-refractivity contribution in [3.63, 3.8) is 0 Å². The second kappa shape index (κ2) is 6.30. The molecule has 104 valence electrons. The Balaban J connectivity index is 2.26. The summed E-state index contributed by atoms with van der Waals surface area (Å²) in [6, 6.07) is 13.1. The summed E-state index contributed by atoms with van der Waals surface area (Å²) in [6.07, 6.45) is 1.24. The molecule has 0 spiro atoms. The van der Waals surface area contributed by atoms with Gasteiger partial charge in [-0.25, -0.2) is 0 Å². The molecule has 2 rings (SSSR count). The number of hydrogen-bond acceptors (Lipinski definition) is 3. The van der Waals surface area contributed by atoms with Crippen LogP contribution in [0.2, 0.25) is 0 Å². The Labute approximate surface area is 118 Å². The summed E-state index contributed by atoms with van der Waals surface area (Å²) in [5.74, 6) is -0.153. The highest BCUT2D eigenvalue weighted by Crippen LogP contribution is 2.20. The lowest BCUT2D eigenvalue weighted by Gasteiger charge is -2.16. The number of pyridine rings is 1. The molecule has 0 aliphatic carbocycles. The SMILES string of the molecule is CN(C)C(=O)c1cccnc1C(O)Cc1ccccc1. The molecule has 4 nitrogen and oxygen atoms in total. The minimum absolute atomic E-state index is 0.153. The summed E-state index contributed by atoms with van der Waals surface area (Å²) in [5.41, 5.74) is 1.88. The number of hydrogen-bond donors (Lipinski definition) is 1. The van der Waals surface area contributed by atoms with Crippen LogP contribution in [0.15, 0.2) is 48.7 Å². The van der Waals surface area contributed by atoms with Gasteiger partial charge in [0, 0.05) is 26.7 Å². The number of aliphatic hydroxyl groups is 1. The fraction of sp³-hybridized carbons (Fsp3) is 0.250. The maximum Gasteiger partial charge on any atom is 0.255 e. The average Bonchev–Trinajstić information content (AvgIpc) is 2.47. The summed E-state index contributed by atoms with van der Waals surface area (Å²) in [4.78, 5) is 17.8. The van der Waals surface area contributed by atoms with Crippen LogP contribution in [0.25, 0.3) is 0 Å². The molecule has 0 fully saturated rings. The molecular weight excluding hydrogens is 252 g/mol. The summed E-state index contributed by atoms with van der Waals surface area (Å²) in [6.45, 7) is 0. The van der Waals surface area contributed by atoms with E-state index < -0.39 is 6.10 Å². The van der Waals surface area contributed by atoms with E-state index in [2.05, 4.69) is 4.98 Å². The fourth-order valence-corrected chi connectivity index (χ4v) is 2.04. The molecule has 1 aromatic carbocycles. The molecule has 1 heterocycles.